The Balaban J connectivity index is 3.08. The second kappa shape index (κ2) is 7.54. The third-order valence-electron chi connectivity index (χ3n) is 1.35. The highest BCUT2D eigenvalue weighted by molar-refractivity contribution is 5.75. The lowest BCUT2D eigenvalue weighted by Gasteiger charge is -2.03. The summed E-state index contributed by atoms with van der Waals surface area (Å²) >= 11 is 0. The van der Waals surface area contributed by atoms with Crippen LogP contribution in [-0.2, 0) is 14.3 Å². The number of aliphatic carboxylic acids is 1. The maximum atomic E-state index is 10.7. The molecular formula is C8H15NO4. The molecule has 0 spiro atoms. The van der Waals surface area contributed by atoms with Gasteiger partial charge in [-0.05, 0) is 0 Å². The predicted octanol–water partition coefficient (Wildman–Crippen LogP) is 0.00390. The maximum Gasteiger partial charge on any atom is 0.305 e. The zero-order valence-corrected chi connectivity index (χ0v) is 7.71. The third kappa shape index (κ3) is 8.81. The third-order valence-corrected chi connectivity index (χ3v) is 1.35. The lowest BCUT2D eigenvalue weighted by molar-refractivity contribution is -0.138. The zero-order valence-electron chi connectivity index (χ0n) is 7.71. The van der Waals surface area contributed by atoms with Gasteiger partial charge in [0.05, 0.1) is 19.6 Å². The van der Waals surface area contributed by atoms with Gasteiger partial charge in [-0.3, -0.25) is 9.59 Å². The highest BCUT2D eigenvalue weighted by Crippen LogP contribution is 1.82. The van der Waals surface area contributed by atoms with Gasteiger partial charge in [0.2, 0.25) is 5.91 Å². The van der Waals surface area contributed by atoms with Crippen LogP contribution in [0, 0.1) is 0 Å². The van der Waals surface area contributed by atoms with E-state index in [1.165, 1.54) is 0 Å². The minimum absolute atomic E-state index is 0.00171. The highest BCUT2D eigenvalue weighted by atomic mass is 16.5. The summed E-state index contributed by atoms with van der Waals surface area (Å²) in [5.41, 5.74) is 0. The first-order valence-corrected chi connectivity index (χ1v) is 4.23. The summed E-state index contributed by atoms with van der Waals surface area (Å²) in [4.78, 5) is 20.7. The van der Waals surface area contributed by atoms with Gasteiger partial charge in [0, 0.05) is 13.0 Å². The molecule has 0 radical (unpaired) electrons. The van der Waals surface area contributed by atoms with Gasteiger partial charge in [0.25, 0.3) is 0 Å². The average Bonchev–Trinajstić information content (AvgIpc) is 2.10. The van der Waals surface area contributed by atoms with Crippen LogP contribution in [0.15, 0.2) is 0 Å². The second-order valence-electron chi connectivity index (χ2n) is 2.46. The van der Waals surface area contributed by atoms with Crippen molar-refractivity contribution >= 4 is 11.9 Å². The normalized spacial score (nSPS) is 9.62. The Kier molecular flexibility index (Phi) is 6.91. The van der Waals surface area contributed by atoms with Gasteiger partial charge in [-0.2, -0.15) is 0 Å². The molecule has 0 aromatic heterocycles. The van der Waals surface area contributed by atoms with Crippen LogP contribution in [0.2, 0.25) is 0 Å². The van der Waals surface area contributed by atoms with E-state index in [2.05, 4.69) is 5.32 Å². The molecule has 0 aromatic rings. The molecule has 5 nitrogen and oxygen atoms in total. The second-order valence-corrected chi connectivity index (χ2v) is 2.46. The molecule has 0 saturated heterocycles. The summed E-state index contributed by atoms with van der Waals surface area (Å²) in [6.45, 7) is 2.75. The van der Waals surface area contributed by atoms with Crippen LogP contribution in [0.4, 0.5) is 0 Å². The number of carbonyl (C=O) groups excluding carboxylic acids is 1. The fourth-order valence-electron chi connectivity index (χ4n) is 0.649. The van der Waals surface area contributed by atoms with Crippen molar-refractivity contribution in [2.24, 2.45) is 0 Å². The Morgan fingerprint density at radius 3 is 2.62 bits per heavy atom. The largest absolute Gasteiger partial charge is 0.481 e. The van der Waals surface area contributed by atoms with Gasteiger partial charge in [0.1, 0.15) is 0 Å². The van der Waals surface area contributed by atoms with Crippen LogP contribution in [0.3, 0.4) is 0 Å². The van der Waals surface area contributed by atoms with Crippen molar-refractivity contribution in [1.82, 2.24) is 5.32 Å². The van der Waals surface area contributed by atoms with E-state index in [0.29, 0.717) is 19.6 Å². The summed E-state index contributed by atoms with van der Waals surface area (Å²) < 4.78 is 4.94. The minimum Gasteiger partial charge on any atom is -0.481 e. The highest BCUT2D eigenvalue weighted by Gasteiger charge is 1.97. The molecule has 0 aliphatic carbocycles. The van der Waals surface area contributed by atoms with Crippen molar-refractivity contribution in [1.29, 1.82) is 0 Å². The molecule has 1 amide bonds. The average molecular weight is 189 g/mol. The van der Waals surface area contributed by atoms with Gasteiger partial charge in [-0.15, -0.1) is 0 Å². The van der Waals surface area contributed by atoms with E-state index in [1.54, 1.807) is 6.92 Å². The van der Waals surface area contributed by atoms with E-state index >= 15 is 0 Å². The summed E-state index contributed by atoms with van der Waals surface area (Å²) in [6, 6.07) is 0. The lowest BCUT2D eigenvalue weighted by atomic mass is 10.4. The zero-order chi connectivity index (χ0) is 10.1. The van der Waals surface area contributed by atoms with E-state index in [9.17, 15) is 9.59 Å². The number of carbonyl (C=O) groups is 2. The van der Waals surface area contributed by atoms with Crippen LogP contribution in [0.5, 0.6) is 0 Å². The fraction of sp³-hybridized carbons (Fsp3) is 0.750. The Labute approximate surface area is 77.1 Å². The van der Waals surface area contributed by atoms with Gasteiger partial charge in [0.15, 0.2) is 0 Å². The van der Waals surface area contributed by atoms with Crippen LogP contribution >= 0.6 is 0 Å². The van der Waals surface area contributed by atoms with Crippen molar-refractivity contribution < 1.29 is 19.4 Å². The SMILES string of the molecule is CCC(=O)NCCOCCC(=O)O. The van der Waals surface area contributed by atoms with Gasteiger partial charge < -0.3 is 15.2 Å². The number of rotatable bonds is 7. The van der Waals surface area contributed by atoms with Gasteiger partial charge in [-0.25, -0.2) is 0 Å². The van der Waals surface area contributed by atoms with Crippen LogP contribution in [-0.4, -0.2) is 36.7 Å². The van der Waals surface area contributed by atoms with E-state index in [0.717, 1.165) is 0 Å². The molecule has 0 fully saturated rings. The van der Waals surface area contributed by atoms with Crippen molar-refractivity contribution in [3.8, 4) is 0 Å². The number of carboxylic acid groups (broad SMARTS) is 1. The van der Waals surface area contributed by atoms with Crippen LogP contribution < -0.4 is 5.32 Å². The molecule has 0 unspecified atom stereocenters. The minimum atomic E-state index is -0.877. The van der Waals surface area contributed by atoms with Crippen LogP contribution in [0.25, 0.3) is 0 Å². The predicted molar refractivity (Wildman–Crippen MR) is 46.4 cm³/mol. The van der Waals surface area contributed by atoms with Crippen molar-refractivity contribution in [3.05, 3.63) is 0 Å². The molecule has 0 aromatic carbocycles. The Morgan fingerprint density at radius 2 is 2.08 bits per heavy atom. The Hall–Kier alpha value is -1.10. The van der Waals surface area contributed by atoms with Crippen molar-refractivity contribution in [2.45, 2.75) is 19.8 Å². The lowest BCUT2D eigenvalue weighted by Crippen LogP contribution is -2.26. The molecule has 76 valence electrons. The summed E-state index contributed by atoms with van der Waals surface area (Å²) in [6.07, 6.45) is 0.455. The standard InChI is InChI=1S/C8H15NO4/c1-2-7(10)9-4-6-13-5-3-8(11)12/h2-6H2,1H3,(H,9,10)(H,11,12). The van der Waals surface area contributed by atoms with E-state index in [-0.39, 0.29) is 18.9 Å². The van der Waals surface area contributed by atoms with Crippen molar-refractivity contribution in [3.63, 3.8) is 0 Å². The van der Waals surface area contributed by atoms with Crippen molar-refractivity contribution in [2.75, 3.05) is 19.8 Å². The molecule has 0 aliphatic rings. The number of hydrogen-bond donors (Lipinski definition) is 2. The van der Waals surface area contributed by atoms with E-state index < -0.39 is 5.97 Å². The first kappa shape index (κ1) is 11.9. The maximum absolute atomic E-state index is 10.7. The molecule has 0 atom stereocenters. The smallest absolute Gasteiger partial charge is 0.305 e. The Morgan fingerprint density at radius 1 is 1.38 bits per heavy atom. The first-order valence-electron chi connectivity index (χ1n) is 4.23. The molecule has 13 heavy (non-hydrogen) atoms. The molecule has 2 N–H and O–H groups in total. The summed E-state index contributed by atoms with van der Waals surface area (Å²) in [5, 5.41) is 10.9. The summed E-state index contributed by atoms with van der Waals surface area (Å²) in [7, 11) is 0. The number of hydrogen-bond acceptors (Lipinski definition) is 3. The van der Waals surface area contributed by atoms with E-state index in [4.69, 9.17) is 9.84 Å². The van der Waals surface area contributed by atoms with Gasteiger partial charge in [-0.1, -0.05) is 6.92 Å². The molecule has 0 aliphatic heterocycles. The molecule has 5 heteroatoms. The monoisotopic (exact) mass is 189 g/mol. The number of carboxylic acids is 1. The quantitative estimate of drug-likeness (QED) is 0.553. The van der Waals surface area contributed by atoms with Gasteiger partial charge >= 0.3 is 5.97 Å². The van der Waals surface area contributed by atoms with E-state index in [1.807, 2.05) is 0 Å². The topological polar surface area (TPSA) is 75.6 Å². The molecule has 0 bridgehead atoms. The molecule has 0 rings (SSSR count). The van der Waals surface area contributed by atoms with Crippen LogP contribution in [0.1, 0.15) is 19.8 Å². The molecule has 0 heterocycles. The molecular weight excluding hydrogens is 174 g/mol. The molecule has 0 saturated carbocycles. The Bertz CT molecular complexity index is 170. The first-order chi connectivity index (χ1) is 6.16. The number of amides is 1. The summed E-state index contributed by atoms with van der Waals surface area (Å²) in [5.74, 6) is -0.903. The number of ether oxygens (including phenoxy) is 1. The fourth-order valence-corrected chi connectivity index (χ4v) is 0.649. The number of nitrogens with one attached hydrogen (secondary N) is 1.